The van der Waals surface area contributed by atoms with Gasteiger partial charge in [0.05, 0.1) is 24.3 Å². The molecule has 31 heavy (non-hydrogen) atoms. The van der Waals surface area contributed by atoms with E-state index in [1.54, 1.807) is 17.5 Å². The Morgan fingerprint density at radius 2 is 1.74 bits per heavy atom. The molecule has 1 atom stereocenters. The molecule has 0 saturated heterocycles. The maximum atomic E-state index is 13.3. The summed E-state index contributed by atoms with van der Waals surface area (Å²) in [7, 11) is -2.26. The summed E-state index contributed by atoms with van der Waals surface area (Å²) in [6.45, 7) is 2.69. The van der Waals surface area contributed by atoms with E-state index in [-0.39, 0.29) is 28.0 Å². The first kappa shape index (κ1) is 21.4. The largest absolute Gasteiger partial charge is 0.497 e. The third kappa shape index (κ3) is 4.18. The molecular formula is C23H23NO5S2. The number of thiophene rings is 1. The van der Waals surface area contributed by atoms with E-state index in [9.17, 15) is 13.2 Å². The number of nitrogens with one attached hydrogen (secondary N) is 1. The highest BCUT2D eigenvalue weighted by Gasteiger charge is 2.34. The SMILES string of the molecule is CCCOc1ccc([C@@H]2CC(=O)Nc3c(S(=O)(=O)c4ccc(OC)cc4)csc32)cc1. The van der Waals surface area contributed by atoms with Gasteiger partial charge in [0.2, 0.25) is 15.7 Å². The van der Waals surface area contributed by atoms with Crippen LogP contribution in [0, 0.1) is 0 Å². The van der Waals surface area contributed by atoms with Crippen LogP contribution in [-0.2, 0) is 14.6 Å². The van der Waals surface area contributed by atoms with Gasteiger partial charge in [-0.25, -0.2) is 8.42 Å². The number of benzene rings is 2. The number of anilines is 1. The third-order valence-electron chi connectivity index (χ3n) is 5.17. The number of carbonyl (C=O) groups excluding carboxylic acids is 1. The lowest BCUT2D eigenvalue weighted by atomic mass is 9.90. The Morgan fingerprint density at radius 3 is 2.39 bits per heavy atom. The summed E-state index contributed by atoms with van der Waals surface area (Å²) in [4.78, 5) is 13.6. The number of fused-ring (bicyclic) bond motifs is 1. The van der Waals surface area contributed by atoms with Crippen molar-refractivity contribution in [1.82, 2.24) is 0 Å². The first-order chi connectivity index (χ1) is 14.9. The monoisotopic (exact) mass is 457 g/mol. The smallest absolute Gasteiger partial charge is 0.225 e. The molecule has 6 nitrogen and oxygen atoms in total. The highest BCUT2D eigenvalue weighted by atomic mass is 32.2. The zero-order valence-corrected chi connectivity index (χ0v) is 18.9. The number of hydrogen-bond acceptors (Lipinski definition) is 6. The van der Waals surface area contributed by atoms with E-state index in [0.29, 0.717) is 18.0 Å². The van der Waals surface area contributed by atoms with Gasteiger partial charge in [0.1, 0.15) is 16.4 Å². The van der Waals surface area contributed by atoms with Gasteiger partial charge in [-0.1, -0.05) is 19.1 Å². The molecule has 162 valence electrons. The lowest BCUT2D eigenvalue weighted by molar-refractivity contribution is -0.116. The molecule has 0 radical (unpaired) electrons. The number of sulfone groups is 1. The number of amides is 1. The predicted octanol–water partition coefficient (Wildman–Crippen LogP) is 4.85. The number of hydrogen-bond donors (Lipinski definition) is 1. The predicted molar refractivity (Wildman–Crippen MR) is 120 cm³/mol. The van der Waals surface area contributed by atoms with Gasteiger partial charge in [0.15, 0.2) is 0 Å². The summed E-state index contributed by atoms with van der Waals surface area (Å²) in [5.41, 5.74) is 1.34. The van der Waals surface area contributed by atoms with E-state index >= 15 is 0 Å². The van der Waals surface area contributed by atoms with Crippen molar-refractivity contribution < 1.29 is 22.7 Å². The zero-order chi connectivity index (χ0) is 22.0. The van der Waals surface area contributed by atoms with Gasteiger partial charge in [0.25, 0.3) is 0 Å². The average Bonchev–Trinajstić information content (AvgIpc) is 3.22. The molecular weight excluding hydrogens is 434 g/mol. The number of rotatable bonds is 7. The summed E-state index contributed by atoms with van der Waals surface area (Å²) in [5, 5.41) is 4.40. The maximum Gasteiger partial charge on any atom is 0.225 e. The molecule has 1 amide bonds. The minimum absolute atomic E-state index is 0.124. The van der Waals surface area contributed by atoms with Crippen LogP contribution in [-0.4, -0.2) is 28.0 Å². The van der Waals surface area contributed by atoms with Crippen LogP contribution in [0.3, 0.4) is 0 Å². The van der Waals surface area contributed by atoms with Gasteiger partial charge >= 0.3 is 0 Å². The first-order valence-electron chi connectivity index (χ1n) is 9.97. The van der Waals surface area contributed by atoms with Gasteiger partial charge in [-0.15, -0.1) is 11.3 Å². The Bertz CT molecular complexity index is 1180. The van der Waals surface area contributed by atoms with Crippen molar-refractivity contribution in [3.63, 3.8) is 0 Å². The summed E-state index contributed by atoms with van der Waals surface area (Å²) in [5.74, 6) is 0.952. The fraction of sp³-hybridized carbons (Fsp3) is 0.261. The second-order valence-corrected chi connectivity index (χ2v) is 10.1. The van der Waals surface area contributed by atoms with E-state index < -0.39 is 9.84 Å². The third-order valence-corrected chi connectivity index (χ3v) is 8.21. The Kier molecular flexibility index (Phi) is 6.02. The molecule has 1 N–H and O–H groups in total. The van der Waals surface area contributed by atoms with Crippen molar-refractivity contribution in [2.24, 2.45) is 0 Å². The lowest BCUT2D eigenvalue weighted by Crippen LogP contribution is -2.23. The van der Waals surface area contributed by atoms with Crippen LogP contribution < -0.4 is 14.8 Å². The van der Waals surface area contributed by atoms with E-state index in [1.165, 1.54) is 30.6 Å². The Balaban J connectivity index is 1.69. The summed E-state index contributed by atoms with van der Waals surface area (Å²) >= 11 is 1.35. The van der Waals surface area contributed by atoms with E-state index in [0.717, 1.165) is 22.6 Å². The van der Waals surface area contributed by atoms with Crippen LogP contribution >= 0.6 is 11.3 Å². The molecule has 0 fully saturated rings. The van der Waals surface area contributed by atoms with Gasteiger partial charge in [-0.05, 0) is 48.4 Å². The number of carbonyl (C=O) groups is 1. The standard InChI is InChI=1S/C23H23NO5S2/c1-3-12-29-17-6-4-15(5-7-17)19-13-21(25)24-22-20(14-30-23(19)22)31(26,27)18-10-8-16(28-2)9-11-18/h4-11,14,19H,3,12-13H2,1-2H3,(H,24,25)/t19-/m0/s1. The van der Waals surface area contributed by atoms with Crippen molar-refractivity contribution in [1.29, 1.82) is 0 Å². The lowest BCUT2D eigenvalue weighted by Gasteiger charge is -2.24. The van der Waals surface area contributed by atoms with Crippen LogP contribution in [0.25, 0.3) is 0 Å². The second-order valence-electron chi connectivity index (χ2n) is 7.24. The summed E-state index contributed by atoms with van der Waals surface area (Å²) in [6.07, 6.45) is 1.19. The van der Waals surface area contributed by atoms with Crippen molar-refractivity contribution in [3.05, 3.63) is 64.4 Å². The second kappa shape index (κ2) is 8.72. The Hall–Kier alpha value is -2.84. The Labute approximate surface area is 185 Å². The maximum absolute atomic E-state index is 13.3. The molecule has 0 bridgehead atoms. The van der Waals surface area contributed by atoms with Crippen LogP contribution in [0.5, 0.6) is 11.5 Å². The molecule has 2 heterocycles. The van der Waals surface area contributed by atoms with Crippen molar-refractivity contribution >= 4 is 32.8 Å². The molecule has 1 aliphatic heterocycles. The van der Waals surface area contributed by atoms with Crippen molar-refractivity contribution in [3.8, 4) is 11.5 Å². The highest BCUT2D eigenvalue weighted by Crippen LogP contribution is 2.46. The molecule has 2 aromatic carbocycles. The van der Waals surface area contributed by atoms with Gasteiger partial charge in [-0.3, -0.25) is 4.79 Å². The minimum Gasteiger partial charge on any atom is -0.497 e. The summed E-state index contributed by atoms with van der Waals surface area (Å²) < 4.78 is 37.3. The van der Waals surface area contributed by atoms with E-state index in [1.807, 2.05) is 31.2 Å². The van der Waals surface area contributed by atoms with Gasteiger partial charge < -0.3 is 14.8 Å². The summed E-state index contributed by atoms with van der Waals surface area (Å²) in [6, 6.07) is 13.9. The van der Waals surface area contributed by atoms with Crippen molar-refractivity contribution in [2.75, 3.05) is 19.0 Å². The van der Waals surface area contributed by atoms with Gasteiger partial charge in [-0.2, -0.15) is 0 Å². The van der Waals surface area contributed by atoms with Crippen LogP contribution in [0.4, 0.5) is 5.69 Å². The minimum atomic E-state index is -3.79. The fourth-order valence-corrected chi connectivity index (χ4v) is 6.48. The molecule has 1 aliphatic rings. The topological polar surface area (TPSA) is 81.7 Å². The average molecular weight is 458 g/mol. The van der Waals surface area contributed by atoms with Crippen molar-refractivity contribution in [2.45, 2.75) is 35.5 Å². The molecule has 8 heteroatoms. The zero-order valence-electron chi connectivity index (χ0n) is 17.3. The molecule has 4 rings (SSSR count). The highest BCUT2D eigenvalue weighted by molar-refractivity contribution is 7.91. The number of methoxy groups -OCH3 is 1. The Morgan fingerprint density at radius 1 is 1.06 bits per heavy atom. The molecule has 0 unspecified atom stereocenters. The van der Waals surface area contributed by atoms with E-state index in [2.05, 4.69) is 5.32 Å². The van der Waals surface area contributed by atoms with Crippen LogP contribution in [0.1, 0.15) is 36.1 Å². The quantitative estimate of drug-likeness (QED) is 0.548. The first-order valence-corrected chi connectivity index (χ1v) is 12.3. The number of ether oxygens (including phenoxy) is 2. The molecule has 0 spiro atoms. The van der Waals surface area contributed by atoms with Crippen LogP contribution in [0.15, 0.2) is 63.7 Å². The molecule has 3 aromatic rings. The van der Waals surface area contributed by atoms with Gasteiger partial charge in [0, 0.05) is 22.6 Å². The van der Waals surface area contributed by atoms with Crippen LogP contribution in [0.2, 0.25) is 0 Å². The molecule has 1 aromatic heterocycles. The molecule has 0 aliphatic carbocycles. The molecule has 0 saturated carbocycles. The van der Waals surface area contributed by atoms with E-state index in [4.69, 9.17) is 9.47 Å². The normalized spacial score (nSPS) is 15.8. The fourth-order valence-electron chi connectivity index (χ4n) is 3.57.